The lowest BCUT2D eigenvalue weighted by Crippen LogP contribution is -2.38. The second-order valence-electron chi connectivity index (χ2n) is 7.44. The van der Waals surface area contributed by atoms with Crippen molar-refractivity contribution in [1.82, 2.24) is 5.32 Å². The van der Waals surface area contributed by atoms with Gasteiger partial charge in [0.15, 0.2) is 0 Å². The van der Waals surface area contributed by atoms with Crippen LogP contribution < -0.4 is 10.2 Å². The summed E-state index contributed by atoms with van der Waals surface area (Å²) in [6.07, 6.45) is 3.97. The Morgan fingerprint density at radius 2 is 1.67 bits per heavy atom. The van der Waals surface area contributed by atoms with Crippen molar-refractivity contribution in [3.63, 3.8) is 0 Å². The number of nitrogens with one attached hydrogen (secondary N) is 1. The molecule has 0 bridgehead atoms. The number of anilines is 1. The lowest BCUT2D eigenvalue weighted by Gasteiger charge is -2.32. The van der Waals surface area contributed by atoms with E-state index in [1.165, 1.54) is 24.1 Å². The van der Waals surface area contributed by atoms with Crippen LogP contribution in [-0.2, 0) is 4.74 Å². The standard InChI is InChI=1S/C20H32N2O2/c1-15(21-16(2)18-9-13-24-14-10-18)17-3-5-19(6-4-17)22-11-7-20(23)8-12-22/h3-6,15-16,18,20-21,23H,7-14H2,1-2H3. The number of piperidine rings is 1. The number of ether oxygens (including phenoxy) is 1. The lowest BCUT2D eigenvalue weighted by atomic mass is 9.92. The fraction of sp³-hybridized carbons (Fsp3) is 0.700. The Balaban J connectivity index is 1.54. The van der Waals surface area contributed by atoms with Gasteiger partial charge in [0.05, 0.1) is 6.10 Å². The number of hydrogen-bond donors (Lipinski definition) is 2. The van der Waals surface area contributed by atoms with Crippen molar-refractivity contribution in [2.75, 3.05) is 31.2 Å². The fourth-order valence-electron chi connectivity index (χ4n) is 3.94. The van der Waals surface area contributed by atoms with Crippen molar-refractivity contribution >= 4 is 5.69 Å². The van der Waals surface area contributed by atoms with Gasteiger partial charge < -0.3 is 20.1 Å². The van der Waals surface area contributed by atoms with Crippen LogP contribution >= 0.6 is 0 Å². The fourth-order valence-corrected chi connectivity index (χ4v) is 3.94. The van der Waals surface area contributed by atoms with E-state index in [-0.39, 0.29) is 6.10 Å². The van der Waals surface area contributed by atoms with Gasteiger partial charge in [-0.2, -0.15) is 0 Å². The summed E-state index contributed by atoms with van der Waals surface area (Å²) in [5, 5.41) is 13.4. The molecule has 2 heterocycles. The van der Waals surface area contributed by atoms with E-state index in [1.54, 1.807) is 0 Å². The highest BCUT2D eigenvalue weighted by atomic mass is 16.5. The van der Waals surface area contributed by atoms with E-state index >= 15 is 0 Å². The molecular weight excluding hydrogens is 300 g/mol. The van der Waals surface area contributed by atoms with Gasteiger partial charge in [-0.25, -0.2) is 0 Å². The zero-order valence-corrected chi connectivity index (χ0v) is 15.1. The first-order chi connectivity index (χ1) is 11.6. The predicted molar refractivity (Wildman–Crippen MR) is 98.5 cm³/mol. The summed E-state index contributed by atoms with van der Waals surface area (Å²) in [6, 6.07) is 9.82. The first-order valence-electron chi connectivity index (χ1n) is 9.50. The SMILES string of the molecule is CC(NC(C)C1CCOCC1)c1ccc(N2CCC(O)CC2)cc1. The first kappa shape index (κ1) is 17.7. The molecule has 2 aliphatic heterocycles. The third-order valence-electron chi connectivity index (χ3n) is 5.71. The molecule has 0 saturated carbocycles. The van der Waals surface area contributed by atoms with E-state index in [2.05, 4.69) is 48.3 Å². The van der Waals surface area contributed by atoms with Crippen LogP contribution in [0.2, 0.25) is 0 Å². The van der Waals surface area contributed by atoms with Gasteiger partial charge in [-0.15, -0.1) is 0 Å². The zero-order valence-electron chi connectivity index (χ0n) is 15.1. The lowest BCUT2D eigenvalue weighted by molar-refractivity contribution is 0.0547. The van der Waals surface area contributed by atoms with Gasteiger partial charge >= 0.3 is 0 Å². The summed E-state index contributed by atoms with van der Waals surface area (Å²) in [7, 11) is 0. The number of benzene rings is 1. The van der Waals surface area contributed by atoms with E-state index in [1.807, 2.05) is 0 Å². The molecule has 134 valence electrons. The molecule has 1 aromatic carbocycles. The molecule has 2 unspecified atom stereocenters. The summed E-state index contributed by atoms with van der Waals surface area (Å²) < 4.78 is 5.47. The molecular formula is C20H32N2O2. The molecule has 0 spiro atoms. The van der Waals surface area contributed by atoms with E-state index in [0.29, 0.717) is 12.1 Å². The maximum absolute atomic E-state index is 9.64. The maximum Gasteiger partial charge on any atom is 0.0574 e. The topological polar surface area (TPSA) is 44.7 Å². The molecule has 4 heteroatoms. The molecule has 4 nitrogen and oxygen atoms in total. The second kappa shape index (κ2) is 8.32. The summed E-state index contributed by atoms with van der Waals surface area (Å²) in [4.78, 5) is 2.37. The Morgan fingerprint density at radius 1 is 1.04 bits per heavy atom. The van der Waals surface area contributed by atoms with Crippen molar-refractivity contribution in [1.29, 1.82) is 0 Å². The van der Waals surface area contributed by atoms with Crippen molar-refractivity contribution < 1.29 is 9.84 Å². The summed E-state index contributed by atoms with van der Waals surface area (Å²) >= 11 is 0. The smallest absolute Gasteiger partial charge is 0.0574 e. The van der Waals surface area contributed by atoms with E-state index in [0.717, 1.165) is 45.1 Å². The number of hydrogen-bond acceptors (Lipinski definition) is 4. The van der Waals surface area contributed by atoms with Crippen LogP contribution in [-0.4, -0.2) is 43.6 Å². The van der Waals surface area contributed by atoms with Gasteiger partial charge in [0.2, 0.25) is 0 Å². The van der Waals surface area contributed by atoms with E-state index < -0.39 is 0 Å². The number of aliphatic hydroxyl groups is 1. The number of rotatable bonds is 5. The van der Waals surface area contributed by atoms with Crippen molar-refractivity contribution in [2.24, 2.45) is 5.92 Å². The van der Waals surface area contributed by atoms with Crippen LogP contribution in [0.3, 0.4) is 0 Å². The molecule has 2 aliphatic rings. The Morgan fingerprint density at radius 3 is 2.29 bits per heavy atom. The Hall–Kier alpha value is -1.10. The van der Waals surface area contributed by atoms with E-state index in [9.17, 15) is 5.11 Å². The van der Waals surface area contributed by atoms with Crippen LogP contribution in [0.25, 0.3) is 0 Å². The summed E-state index contributed by atoms with van der Waals surface area (Å²) in [5.41, 5.74) is 2.62. The van der Waals surface area contributed by atoms with Crippen LogP contribution in [0.15, 0.2) is 24.3 Å². The minimum Gasteiger partial charge on any atom is -0.393 e. The highest BCUT2D eigenvalue weighted by Crippen LogP contribution is 2.25. The van der Waals surface area contributed by atoms with Crippen LogP contribution in [0.5, 0.6) is 0 Å². The number of nitrogens with zero attached hydrogens (tertiary/aromatic N) is 1. The number of aliphatic hydroxyl groups excluding tert-OH is 1. The molecule has 0 aromatic heterocycles. The van der Waals surface area contributed by atoms with Crippen LogP contribution in [0.4, 0.5) is 5.69 Å². The molecule has 1 aromatic rings. The third kappa shape index (κ3) is 4.50. The Kier molecular flexibility index (Phi) is 6.14. The van der Waals surface area contributed by atoms with E-state index in [4.69, 9.17) is 4.74 Å². The molecule has 2 saturated heterocycles. The summed E-state index contributed by atoms with van der Waals surface area (Å²) in [6.45, 7) is 8.28. The normalized spacial score (nSPS) is 23.2. The first-order valence-corrected chi connectivity index (χ1v) is 9.50. The van der Waals surface area contributed by atoms with Gasteiger partial charge in [-0.3, -0.25) is 0 Å². The van der Waals surface area contributed by atoms with Gasteiger partial charge in [0.25, 0.3) is 0 Å². The molecule has 2 fully saturated rings. The predicted octanol–water partition coefficient (Wildman–Crippen LogP) is 3.11. The summed E-state index contributed by atoms with van der Waals surface area (Å²) in [5.74, 6) is 0.722. The quantitative estimate of drug-likeness (QED) is 0.870. The maximum atomic E-state index is 9.64. The third-order valence-corrected chi connectivity index (χ3v) is 5.71. The Bertz CT molecular complexity index is 491. The average Bonchev–Trinajstić information content (AvgIpc) is 2.63. The highest BCUT2D eigenvalue weighted by Gasteiger charge is 2.22. The largest absolute Gasteiger partial charge is 0.393 e. The molecule has 24 heavy (non-hydrogen) atoms. The van der Waals surface area contributed by atoms with Crippen LogP contribution in [0, 0.1) is 5.92 Å². The molecule has 2 atom stereocenters. The van der Waals surface area contributed by atoms with Gasteiger partial charge in [-0.05, 0) is 63.1 Å². The average molecular weight is 332 g/mol. The zero-order chi connectivity index (χ0) is 16.9. The minimum atomic E-state index is -0.114. The van der Waals surface area contributed by atoms with Crippen LogP contribution in [0.1, 0.15) is 51.1 Å². The monoisotopic (exact) mass is 332 g/mol. The van der Waals surface area contributed by atoms with Gasteiger partial charge in [0.1, 0.15) is 0 Å². The van der Waals surface area contributed by atoms with Gasteiger partial charge in [-0.1, -0.05) is 12.1 Å². The molecule has 2 N–H and O–H groups in total. The van der Waals surface area contributed by atoms with Crippen molar-refractivity contribution in [2.45, 2.75) is 57.7 Å². The minimum absolute atomic E-state index is 0.114. The molecule has 0 radical (unpaired) electrons. The Labute approximate surface area is 146 Å². The molecule has 3 rings (SSSR count). The second-order valence-corrected chi connectivity index (χ2v) is 7.44. The molecule has 0 amide bonds. The highest BCUT2D eigenvalue weighted by molar-refractivity contribution is 5.48. The van der Waals surface area contributed by atoms with Crippen molar-refractivity contribution in [3.05, 3.63) is 29.8 Å². The van der Waals surface area contributed by atoms with Crippen molar-refractivity contribution in [3.8, 4) is 0 Å². The molecule has 0 aliphatic carbocycles. The van der Waals surface area contributed by atoms with Gasteiger partial charge in [0, 0.05) is 44.1 Å².